The van der Waals surface area contributed by atoms with E-state index in [4.69, 9.17) is 16.7 Å². The quantitative estimate of drug-likeness (QED) is 0.819. The highest BCUT2D eigenvalue weighted by molar-refractivity contribution is 9.10. The zero-order valence-electron chi connectivity index (χ0n) is 9.20. The zero-order chi connectivity index (χ0) is 12.8. The minimum Gasteiger partial charge on any atom is -0.480 e. The van der Waals surface area contributed by atoms with Crippen LogP contribution < -0.4 is 0 Å². The van der Waals surface area contributed by atoms with Crippen LogP contribution in [-0.2, 0) is 11.3 Å². The Balaban J connectivity index is 2.77. The fourth-order valence-corrected chi connectivity index (χ4v) is 2.26. The van der Waals surface area contributed by atoms with E-state index in [1.54, 1.807) is 23.1 Å². The number of hydrogen-bond donors (Lipinski definition) is 1. The van der Waals surface area contributed by atoms with Gasteiger partial charge in [-0.25, -0.2) is 0 Å². The Labute approximate surface area is 114 Å². The minimum atomic E-state index is -0.850. The molecule has 3 nitrogen and oxygen atoms in total. The maximum absolute atomic E-state index is 10.7. The molecule has 5 heteroatoms. The normalized spacial score (nSPS) is 10.5. The lowest BCUT2D eigenvalue weighted by molar-refractivity contribution is -0.138. The number of carbonyl (C=O) groups is 1. The van der Waals surface area contributed by atoms with Crippen LogP contribution in [0.3, 0.4) is 0 Å². The van der Waals surface area contributed by atoms with Gasteiger partial charge in [-0.2, -0.15) is 0 Å². The molecule has 0 amide bonds. The first-order chi connectivity index (χ1) is 8.02. The van der Waals surface area contributed by atoms with Crippen molar-refractivity contribution in [2.24, 2.45) is 0 Å². The van der Waals surface area contributed by atoms with Crippen molar-refractivity contribution in [3.8, 4) is 0 Å². The van der Waals surface area contributed by atoms with Crippen LogP contribution in [0.2, 0.25) is 5.02 Å². The smallest absolute Gasteiger partial charge is 0.317 e. The Kier molecular flexibility index (Phi) is 5.68. The van der Waals surface area contributed by atoms with Crippen molar-refractivity contribution in [1.29, 1.82) is 0 Å². The maximum Gasteiger partial charge on any atom is 0.317 e. The number of carboxylic acid groups (broad SMARTS) is 1. The first-order valence-corrected chi connectivity index (χ1v) is 6.19. The molecule has 92 valence electrons. The van der Waals surface area contributed by atoms with Gasteiger partial charge in [-0.15, -0.1) is 6.58 Å². The lowest BCUT2D eigenvalue weighted by atomic mass is 10.2. The summed E-state index contributed by atoms with van der Waals surface area (Å²) in [6.45, 7) is 4.67. The van der Waals surface area contributed by atoms with Crippen molar-refractivity contribution in [2.75, 3.05) is 13.1 Å². The third-order valence-electron chi connectivity index (χ3n) is 2.16. The van der Waals surface area contributed by atoms with Crippen molar-refractivity contribution in [2.45, 2.75) is 6.54 Å². The molecule has 0 saturated heterocycles. The summed E-state index contributed by atoms with van der Waals surface area (Å²) in [5.74, 6) is -0.850. The second-order valence-electron chi connectivity index (χ2n) is 3.59. The lowest BCUT2D eigenvalue weighted by Crippen LogP contribution is -2.29. The predicted molar refractivity (Wildman–Crippen MR) is 72.3 cm³/mol. The number of nitrogens with zero attached hydrogens (tertiary/aromatic N) is 1. The summed E-state index contributed by atoms with van der Waals surface area (Å²) in [4.78, 5) is 12.5. The van der Waals surface area contributed by atoms with Gasteiger partial charge in [0.1, 0.15) is 0 Å². The van der Waals surface area contributed by atoms with E-state index in [2.05, 4.69) is 22.5 Å². The van der Waals surface area contributed by atoms with Crippen molar-refractivity contribution in [3.05, 3.63) is 45.9 Å². The molecule has 0 bridgehead atoms. The monoisotopic (exact) mass is 317 g/mol. The summed E-state index contributed by atoms with van der Waals surface area (Å²) in [5.41, 5.74) is 0.998. The summed E-state index contributed by atoms with van der Waals surface area (Å²) in [6, 6.07) is 5.46. The van der Waals surface area contributed by atoms with E-state index >= 15 is 0 Å². The van der Waals surface area contributed by atoms with Crippen LogP contribution in [0.1, 0.15) is 5.56 Å². The molecule has 1 N–H and O–H groups in total. The van der Waals surface area contributed by atoms with Crippen molar-refractivity contribution < 1.29 is 9.90 Å². The molecule has 17 heavy (non-hydrogen) atoms. The molecule has 0 saturated carbocycles. The topological polar surface area (TPSA) is 40.5 Å². The number of hydrogen-bond acceptors (Lipinski definition) is 2. The molecule has 0 heterocycles. The molecule has 0 aliphatic heterocycles. The van der Waals surface area contributed by atoms with Crippen LogP contribution in [0.5, 0.6) is 0 Å². The highest BCUT2D eigenvalue weighted by Crippen LogP contribution is 2.22. The largest absolute Gasteiger partial charge is 0.480 e. The summed E-state index contributed by atoms with van der Waals surface area (Å²) >= 11 is 9.25. The number of carboxylic acids is 1. The summed E-state index contributed by atoms with van der Waals surface area (Å²) in [6.07, 6.45) is 1.69. The average Bonchev–Trinajstić information content (AvgIpc) is 2.21. The van der Waals surface area contributed by atoms with Crippen LogP contribution >= 0.6 is 27.5 Å². The summed E-state index contributed by atoms with van der Waals surface area (Å²) in [5, 5.41) is 9.44. The molecule has 0 unspecified atom stereocenters. The van der Waals surface area contributed by atoms with Gasteiger partial charge in [-0.3, -0.25) is 9.69 Å². The van der Waals surface area contributed by atoms with Crippen LogP contribution in [0, 0.1) is 0 Å². The molecular weight excluding hydrogens is 305 g/mol. The molecule has 0 fully saturated rings. The molecule has 1 aromatic carbocycles. The van der Waals surface area contributed by atoms with Gasteiger partial charge < -0.3 is 5.11 Å². The van der Waals surface area contributed by atoms with E-state index in [-0.39, 0.29) is 6.54 Å². The van der Waals surface area contributed by atoms with Gasteiger partial charge in [0.15, 0.2) is 0 Å². The Bertz CT molecular complexity index is 423. The Morgan fingerprint density at radius 1 is 1.59 bits per heavy atom. The van der Waals surface area contributed by atoms with E-state index in [1.807, 2.05) is 6.07 Å². The van der Waals surface area contributed by atoms with E-state index in [1.165, 1.54) is 0 Å². The SMILES string of the molecule is C=CCN(CC(=O)O)Cc1ccc(Cl)cc1Br. The molecule has 0 aliphatic rings. The van der Waals surface area contributed by atoms with Crippen molar-refractivity contribution in [3.63, 3.8) is 0 Å². The van der Waals surface area contributed by atoms with E-state index in [9.17, 15) is 4.79 Å². The van der Waals surface area contributed by atoms with Crippen LogP contribution in [0.4, 0.5) is 0 Å². The first kappa shape index (κ1) is 14.2. The molecule has 0 radical (unpaired) electrons. The molecule has 1 aromatic rings. The Hall–Kier alpha value is -0.840. The van der Waals surface area contributed by atoms with Gasteiger partial charge in [0.25, 0.3) is 0 Å². The Morgan fingerprint density at radius 3 is 2.82 bits per heavy atom. The van der Waals surface area contributed by atoms with Gasteiger partial charge in [-0.1, -0.05) is 39.7 Å². The predicted octanol–water partition coefficient (Wildman–Crippen LogP) is 3.18. The van der Waals surface area contributed by atoms with Crippen molar-refractivity contribution in [1.82, 2.24) is 4.90 Å². The number of rotatable bonds is 6. The van der Waals surface area contributed by atoms with Crippen LogP contribution in [-0.4, -0.2) is 29.1 Å². The van der Waals surface area contributed by atoms with Gasteiger partial charge >= 0.3 is 5.97 Å². The molecule has 0 spiro atoms. The third-order valence-corrected chi connectivity index (χ3v) is 3.13. The van der Waals surface area contributed by atoms with E-state index in [0.717, 1.165) is 10.0 Å². The van der Waals surface area contributed by atoms with E-state index < -0.39 is 5.97 Å². The maximum atomic E-state index is 10.7. The number of aliphatic carboxylic acids is 1. The second kappa shape index (κ2) is 6.79. The molecule has 0 atom stereocenters. The molecule has 0 aliphatic carbocycles. The van der Waals surface area contributed by atoms with Gasteiger partial charge in [0.05, 0.1) is 6.54 Å². The summed E-state index contributed by atoms with van der Waals surface area (Å²) in [7, 11) is 0. The Morgan fingerprint density at radius 2 is 2.29 bits per heavy atom. The van der Waals surface area contributed by atoms with Gasteiger partial charge in [-0.05, 0) is 17.7 Å². The summed E-state index contributed by atoms with van der Waals surface area (Å²) < 4.78 is 0.879. The molecule has 1 rings (SSSR count). The van der Waals surface area contributed by atoms with Gasteiger partial charge in [0.2, 0.25) is 0 Å². The fourth-order valence-electron chi connectivity index (χ4n) is 1.45. The first-order valence-electron chi connectivity index (χ1n) is 5.02. The fraction of sp³-hybridized carbons (Fsp3) is 0.250. The number of halogens is 2. The highest BCUT2D eigenvalue weighted by Gasteiger charge is 2.10. The second-order valence-corrected chi connectivity index (χ2v) is 4.88. The number of benzene rings is 1. The highest BCUT2D eigenvalue weighted by atomic mass is 79.9. The van der Waals surface area contributed by atoms with Crippen LogP contribution in [0.15, 0.2) is 35.3 Å². The molecule has 0 aromatic heterocycles. The van der Waals surface area contributed by atoms with Crippen molar-refractivity contribution >= 4 is 33.5 Å². The zero-order valence-corrected chi connectivity index (χ0v) is 11.5. The standard InChI is InChI=1S/C12H13BrClNO2/c1-2-5-15(8-12(16)17)7-9-3-4-10(14)6-11(9)13/h2-4,6H,1,5,7-8H2,(H,16,17). The minimum absolute atomic E-state index is 0.0128. The average molecular weight is 319 g/mol. The van der Waals surface area contributed by atoms with Crippen LogP contribution in [0.25, 0.3) is 0 Å². The van der Waals surface area contributed by atoms with E-state index in [0.29, 0.717) is 18.1 Å². The lowest BCUT2D eigenvalue weighted by Gasteiger charge is -2.19. The third kappa shape index (κ3) is 4.89. The molecular formula is C12H13BrClNO2. The van der Waals surface area contributed by atoms with Gasteiger partial charge in [0, 0.05) is 22.6 Å².